The number of aromatic nitrogens is 2. The van der Waals surface area contributed by atoms with Crippen LogP contribution in [0.1, 0.15) is 5.56 Å². The van der Waals surface area contributed by atoms with Crippen molar-refractivity contribution in [2.45, 2.75) is 6.92 Å². The molecular formula is C18H19BrN4O. The maximum atomic E-state index is 9.08. The molecule has 2 N–H and O–H groups in total. The van der Waals surface area contributed by atoms with Gasteiger partial charge in [-0.3, -0.25) is 4.98 Å². The molecule has 124 valence electrons. The van der Waals surface area contributed by atoms with Crippen molar-refractivity contribution in [3.8, 4) is 0 Å². The summed E-state index contributed by atoms with van der Waals surface area (Å²) in [5.41, 5.74) is 3.90. The van der Waals surface area contributed by atoms with Crippen molar-refractivity contribution in [3.63, 3.8) is 0 Å². The van der Waals surface area contributed by atoms with E-state index in [0.717, 1.165) is 38.1 Å². The number of pyridine rings is 2. The number of nitrogens with one attached hydrogen (secondary N) is 1. The van der Waals surface area contributed by atoms with Gasteiger partial charge in [-0.2, -0.15) is 0 Å². The standard InChI is InChI=1S/C18H19BrN4O/c1-12-15(19)4-3-5-16(12)22-18-17-13(6-7-20-18)10-14(11-21-17)23(2)8-9-24/h3-7,10-11,24H,8-9H2,1-2H3,(H,20,22). The molecule has 0 spiro atoms. The SMILES string of the molecule is Cc1c(Br)cccc1Nc1nccc2cc(N(C)CCO)cnc12. The number of aliphatic hydroxyl groups is 1. The molecule has 0 unspecified atom stereocenters. The number of hydrogen-bond donors (Lipinski definition) is 2. The molecule has 0 saturated carbocycles. The van der Waals surface area contributed by atoms with Crippen molar-refractivity contribution < 1.29 is 5.11 Å². The Morgan fingerprint density at radius 2 is 2.08 bits per heavy atom. The summed E-state index contributed by atoms with van der Waals surface area (Å²) in [7, 11) is 1.93. The maximum Gasteiger partial charge on any atom is 0.156 e. The molecule has 0 aliphatic heterocycles. The lowest BCUT2D eigenvalue weighted by atomic mass is 10.2. The van der Waals surface area contributed by atoms with Gasteiger partial charge >= 0.3 is 0 Å². The topological polar surface area (TPSA) is 61.3 Å². The van der Waals surface area contributed by atoms with Crippen molar-refractivity contribution in [2.75, 3.05) is 30.4 Å². The first-order valence-corrected chi connectivity index (χ1v) is 8.48. The van der Waals surface area contributed by atoms with E-state index in [1.165, 1.54) is 0 Å². The Bertz CT molecular complexity index is 869. The van der Waals surface area contributed by atoms with Crippen molar-refractivity contribution in [2.24, 2.45) is 0 Å². The van der Waals surface area contributed by atoms with Gasteiger partial charge in [0.15, 0.2) is 5.82 Å². The van der Waals surface area contributed by atoms with E-state index in [1.54, 1.807) is 12.4 Å². The summed E-state index contributed by atoms with van der Waals surface area (Å²) >= 11 is 3.55. The quantitative estimate of drug-likeness (QED) is 0.696. The van der Waals surface area contributed by atoms with Gasteiger partial charge in [-0.15, -0.1) is 0 Å². The summed E-state index contributed by atoms with van der Waals surface area (Å²) in [4.78, 5) is 11.0. The van der Waals surface area contributed by atoms with Crippen molar-refractivity contribution in [3.05, 3.63) is 52.8 Å². The first kappa shape index (κ1) is 16.7. The lowest BCUT2D eigenvalue weighted by molar-refractivity contribution is 0.304. The number of nitrogens with zero attached hydrogens (tertiary/aromatic N) is 3. The average Bonchev–Trinajstić information content (AvgIpc) is 2.59. The number of anilines is 3. The zero-order valence-corrected chi connectivity index (χ0v) is 15.2. The van der Waals surface area contributed by atoms with Crippen LogP contribution in [-0.4, -0.2) is 35.3 Å². The Balaban J connectivity index is 1.99. The lowest BCUT2D eigenvalue weighted by Gasteiger charge is -2.18. The molecule has 0 atom stereocenters. The van der Waals surface area contributed by atoms with E-state index in [1.807, 2.05) is 43.1 Å². The Morgan fingerprint density at radius 1 is 1.25 bits per heavy atom. The van der Waals surface area contributed by atoms with Crippen LogP contribution in [0.15, 0.2) is 47.2 Å². The van der Waals surface area contributed by atoms with Crippen LogP contribution in [-0.2, 0) is 0 Å². The molecule has 0 aliphatic rings. The molecule has 6 heteroatoms. The first-order chi connectivity index (χ1) is 11.6. The smallest absolute Gasteiger partial charge is 0.156 e. The minimum Gasteiger partial charge on any atom is -0.395 e. The van der Waals surface area contributed by atoms with Gasteiger partial charge in [0.1, 0.15) is 5.52 Å². The minimum atomic E-state index is 0.111. The summed E-state index contributed by atoms with van der Waals surface area (Å²) in [6.45, 7) is 2.73. The van der Waals surface area contributed by atoms with Crippen molar-refractivity contribution in [1.29, 1.82) is 0 Å². The van der Waals surface area contributed by atoms with E-state index in [9.17, 15) is 0 Å². The molecule has 1 aromatic carbocycles. The molecule has 5 nitrogen and oxygen atoms in total. The molecule has 3 rings (SSSR count). The van der Waals surface area contributed by atoms with Gasteiger partial charge < -0.3 is 15.3 Å². The number of fused-ring (bicyclic) bond motifs is 1. The predicted molar refractivity (Wildman–Crippen MR) is 102 cm³/mol. The van der Waals surface area contributed by atoms with Crippen LogP contribution >= 0.6 is 15.9 Å². The lowest BCUT2D eigenvalue weighted by Crippen LogP contribution is -2.21. The van der Waals surface area contributed by atoms with Crippen LogP contribution in [0.2, 0.25) is 0 Å². The van der Waals surface area contributed by atoms with Gasteiger partial charge in [0, 0.05) is 35.3 Å². The van der Waals surface area contributed by atoms with Crippen LogP contribution < -0.4 is 10.2 Å². The highest BCUT2D eigenvalue weighted by Crippen LogP contribution is 2.29. The molecule has 0 bridgehead atoms. The number of hydrogen-bond acceptors (Lipinski definition) is 5. The first-order valence-electron chi connectivity index (χ1n) is 7.69. The van der Waals surface area contributed by atoms with E-state index in [0.29, 0.717) is 6.54 Å². The predicted octanol–water partition coefficient (Wildman–Crippen LogP) is 3.87. The second-order valence-corrected chi connectivity index (χ2v) is 6.46. The minimum absolute atomic E-state index is 0.111. The number of aliphatic hydroxyl groups excluding tert-OH is 1. The highest BCUT2D eigenvalue weighted by atomic mass is 79.9. The summed E-state index contributed by atoms with van der Waals surface area (Å²) in [5, 5.41) is 13.5. The fourth-order valence-corrected chi connectivity index (χ4v) is 2.86. The van der Waals surface area contributed by atoms with E-state index in [4.69, 9.17) is 5.11 Å². The normalized spacial score (nSPS) is 10.8. The van der Waals surface area contributed by atoms with Crippen LogP contribution in [0.4, 0.5) is 17.2 Å². The maximum absolute atomic E-state index is 9.08. The molecule has 24 heavy (non-hydrogen) atoms. The highest BCUT2D eigenvalue weighted by molar-refractivity contribution is 9.10. The van der Waals surface area contributed by atoms with Gasteiger partial charge in [-0.1, -0.05) is 22.0 Å². The third-order valence-electron chi connectivity index (χ3n) is 3.98. The molecular weight excluding hydrogens is 368 g/mol. The van der Waals surface area contributed by atoms with Crippen LogP contribution in [0.25, 0.3) is 10.9 Å². The van der Waals surface area contributed by atoms with Crippen molar-refractivity contribution >= 4 is 44.0 Å². The summed E-state index contributed by atoms with van der Waals surface area (Å²) in [6, 6.07) is 10.0. The number of likely N-dealkylation sites (N-methyl/N-ethyl adjacent to an activating group) is 1. The van der Waals surface area contributed by atoms with E-state index in [-0.39, 0.29) is 6.61 Å². The van der Waals surface area contributed by atoms with Gasteiger partial charge in [0.2, 0.25) is 0 Å². The highest BCUT2D eigenvalue weighted by Gasteiger charge is 2.09. The van der Waals surface area contributed by atoms with E-state index < -0.39 is 0 Å². The molecule has 3 aromatic rings. The van der Waals surface area contributed by atoms with Crippen molar-refractivity contribution in [1.82, 2.24) is 9.97 Å². The number of rotatable bonds is 5. The third-order valence-corrected chi connectivity index (χ3v) is 4.84. The largest absolute Gasteiger partial charge is 0.395 e. The van der Waals surface area contributed by atoms with E-state index >= 15 is 0 Å². The molecule has 2 heterocycles. The molecule has 0 amide bonds. The fourth-order valence-electron chi connectivity index (χ4n) is 2.50. The molecule has 0 radical (unpaired) electrons. The Labute approximate surface area is 149 Å². The second kappa shape index (κ2) is 7.15. The average molecular weight is 387 g/mol. The molecule has 0 aliphatic carbocycles. The van der Waals surface area contributed by atoms with Crippen LogP contribution in [0.3, 0.4) is 0 Å². The third kappa shape index (κ3) is 3.34. The van der Waals surface area contributed by atoms with Gasteiger partial charge in [0.25, 0.3) is 0 Å². The fraction of sp³-hybridized carbons (Fsp3) is 0.222. The van der Waals surface area contributed by atoms with E-state index in [2.05, 4.69) is 37.3 Å². The zero-order valence-electron chi connectivity index (χ0n) is 13.6. The van der Waals surface area contributed by atoms with Gasteiger partial charge in [-0.05, 0) is 36.8 Å². The number of halogens is 1. The summed E-state index contributed by atoms with van der Waals surface area (Å²) in [6.07, 6.45) is 3.58. The number of benzene rings is 1. The second-order valence-electron chi connectivity index (χ2n) is 5.61. The molecule has 0 saturated heterocycles. The Kier molecular flexibility index (Phi) is 4.97. The van der Waals surface area contributed by atoms with Crippen LogP contribution in [0.5, 0.6) is 0 Å². The Morgan fingerprint density at radius 3 is 2.88 bits per heavy atom. The van der Waals surface area contributed by atoms with Crippen LogP contribution in [0, 0.1) is 6.92 Å². The Hall–Kier alpha value is -2.18. The zero-order chi connectivity index (χ0) is 17.1. The monoisotopic (exact) mass is 386 g/mol. The molecule has 0 fully saturated rings. The van der Waals surface area contributed by atoms with Gasteiger partial charge in [-0.25, -0.2) is 4.98 Å². The summed E-state index contributed by atoms with van der Waals surface area (Å²) < 4.78 is 1.05. The summed E-state index contributed by atoms with van der Waals surface area (Å²) in [5.74, 6) is 0.727. The van der Waals surface area contributed by atoms with Gasteiger partial charge in [0.05, 0.1) is 18.5 Å². The molecule has 2 aromatic heterocycles.